The van der Waals surface area contributed by atoms with Crippen LogP contribution in [0.3, 0.4) is 0 Å². The predicted octanol–water partition coefficient (Wildman–Crippen LogP) is 1.32. The number of nitrogens with zero attached hydrogens (tertiary/aromatic N) is 2. The van der Waals surface area contributed by atoms with Crippen molar-refractivity contribution in [3.63, 3.8) is 0 Å². The van der Waals surface area contributed by atoms with Crippen LogP contribution in [0.1, 0.15) is 37.9 Å². The first kappa shape index (κ1) is 13.5. The Morgan fingerprint density at radius 1 is 1.56 bits per heavy atom. The van der Waals surface area contributed by atoms with Crippen LogP contribution in [-0.4, -0.2) is 40.2 Å². The zero-order valence-electron chi connectivity index (χ0n) is 11.0. The topological polar surface area (TPSA) is 62.4 Å². The van der Waals surface area contributed by atoms with Crippen LogP contribution in [0.2, 0.25) is 0 Å². The van der Waals surface area contributed by atoms with E-state index in [9.17, 15) is 5.11 Å². The number of hydrogen-bond donors (Lipinski definition) is 2. The fourth-order valence-corrected chi connectivity index (χ4v) is 2.69. The number of hydrogen-bond acceptors (Lipinski definition) is 4. The molecule has 3 atom stereocenters. The summed E-state index contributed by atoms with van der Waals surface area (Å²) in [6.07, 6.45) is 4.42. The highest BCUT2D eigenvalue weighted by molar-refractivity contribution is 5.12. The zero-order valence-corrected chi connectivity index (χ0v) is 11.0. The molecule has 1 aromatic heterocycles. The first-order chi connectivity index (χ1) is 8.72. The number of aromatic nitrogens is 1. The Bertz CT molecular complexity index is 357. The fourth-order valence-electron chi connectivity index (χ4n) is 2.69. The van der Waals surface area contributed by atoms with Crippen molar-refractivity contribution in [3.8, 4) is 0 Å². The smallest absolute Gasteiger partial charge is 0.0674 e. The monoisotopic (exact) mass is 249 g/mol. The quantitative estimate of drug-likeness (QED) is 0.844. The molecular weight excluding hydrogens is 226 g/mol. The number of nitrogens with two attached hydrogens (primary N) is 1. The van der Waals surface area contributed by atoms with Gasteiger partial charge in [-0.25, -0.2) is 0 Å². The average Bonchev–Trinajstić information content (AvgIpc) is 2.40. The summed E-state index contributed by atoms with van der Waals surface area (Å²) in [5.74, 6) is 0. The van der Waals surface area contributed by atoms with Crippen LogP contribution >= 0.6 is 0 Å². The number of likely N-dealkylation sites (tertiary alicyclic amines) is 1. The van der Waals surface area contributed by atoms with Gasteiger partial charge in [-0.1, -0.05) is 13.0 Å². The van der Waals surface area contributed by atoms with Crippen molar-refractivity contribution in [1.82, 2.24) is 9.88 Å². The van der Waals surface area contributed by atoms with Gasteiger partial charge in [-0.2, -0.15) is 0 Å². The predicted molar refractivity (Wildman–Crippen MR) is 72.1 cm³/mol. The third-order valence-corrected chi connectivity index (χ3v) is 3.69. The Kier molecular flexibility index (Phi) is 4.69. The molecule has 100 valence electrons. The van der Waals surface area contributed by atoms with Gasteiger partial charge in [-0.05, 0) is 37.9 Å². The Labute approximate surface area is 109 Å². The van der Waals surface area contributed by atoms with Gasteiger partial charge in [0.2, 0.25) is 0 Å². The average molecular weight is 249 g/mol. The van der Waals surface area contributed by atoms with E-state index >= 15 is 0 Å². The van der Waals surface area contributed by atoms with Crippen molar-refractivity contribution >= 4 is 0 Å². The van der Waals surface area contributed by atoms with E-state index in [1.54, 1.807) is 0 Å². The van der Waals surface area contributed by atoms with Crippen molar-refractivity contribution in [2.75, 3.05) is 13.1 Å². The second-order valence-electron chi connectivity index (χ2n) is 5.06. The Hall–Kier alpha value is -0.970. The molecule has 0 aliphatic carbocycles. The summed E-state index contributed by atoms with van der Waals surface area (Å²) < 4.78 is 0. The molecular formula is C14H23N3O. The molecule has 0 spiro atoms. The minimum absolute atomic E-state index is 0.0604. The van der Waals surface area contributed by atoms with Gasteiger partial charge in [0.15, 0.2) is 0 Å². The van der Waals surface area contributed by atoms with E-state index in [4.69, 9.17) is 5.73 Å². The second kappa shape index (κ2) is 6.27. The molecule has 1 aromatic rings. The fraction of sp³-hybridized carbons (Fsp3) is 0.643. The minimum atomic E-state index is -0.228. The Balaban J connectivity index is 2.20. The molecule has 1 saturated heterocycles. The second-order valence-corrected chi connectivity index (χ2v) is 5.06. The maximum atomic E-state index is 9.83. The summed E-state index contributed by atoms with van der Waals surface area (Å²) in [4.78, 5) is 6.73. The number of aliphatic hydroxyl groups is 1. The van der Waals surface area contributed by atoms with Crippen molar-refractivity contribution < 1.29 is 5.11 Å². The first-order valence-electron chi connectivity index (χ1n) is 6.81. The van der Waals surface area contributed by atoms with Gasteiger partial charge >= 0.3 is 0 Å². The van der Waals surface area contributed by atoms with E-state index < -0.39 is 0 Å². The molecule has 0 saturated carbocycles. The van der Waals surface area contributed by atoms with E-state index in [1.165, 1.54) is 0 Å². The maximum absolute atomic E-state index is 9.83. The van der Waals surface area contributed by atoms with E-state index in [-0.39, 0.29) is 18.2 Å². The molecule has 0 amide bonds. The van der Waals surface area contributed by atoms with Gasteiger partial charge in [0.25, 0.3) is 0 Å². The lowest BCUT2D eigenvalue weighted by Crippen LogP contribution is -2.47. The van der Waals surface area contributed by atoms with Crippen LogP contribution in [0.25, 0.3) is 0 Å². The molecule has 2 heterocycles. The third-order valence-electron chi connectivity index (χ3n) is 3.69. The van der Waals surface area contributed by atoms with E-state index in [1.807, 2.05) is 24.4 Å². The highest BCUT2D eigenvalue weighted by Crippen LogP contribution is 2.26. The maximum Gasteiger partial charge on any atom is 0.0674 e. The standard InChI is InChI=1S/C14H23N3O/c1-2-12(15)14(13-7-3-4-8-16-13)17-9-5-6-11(18)10-17/h3-4,7-8,11-12,14,18H,2,5-6,9-10,15H2,1H3. The number of piperidine rings is 1. The summed E-state index contributed by atoms with van der Waals surface area (Å²) in [6, 6.07) is 6.12. The van der Waals surface area contributed by atoms with Gasteiger partial charge < -0.3 is 10.8 Å². The highest BCUT2D eigenvalue weighted by atomic mass is 16.3. The van der Waals surface area contributed by atoms with Gasteiger partial charge in [0.05, 0.1) is 17.8 Å². The van der Waals surface area contributed by atoms with Crippen LogP contribution in [0, 0.1) is 0 Å². The van der Waals surface area contributed by atoms with Crippen LogP contribution in [0.4, 0.5) is 0 Å². The molecule has 1 aliphatic rings. The summed E-state index contributed by atoms with van der Waals surface area (Å²) in [5.41, 5.74) is 7.28. The van der Waals surface area contributed by atoms with E-state index in [0.29, 0.717) is 6.54 Å². The normalized spacial score (nSPS) is 24.7. The van der Waals surface area contributed by atoms with Crippen molar-refractivity contribution in [2.45, 2.75) is 44.4 Å². The van der Waals surface area contributed by atoms with Crippen LogP contribution < -0.4 is 5.73 Å². The summed E-state index contributed by atoms with van der Waals surface area (Å²) in [7, 11) is 0. The lowest BCUT2D eigenvalue weighted by atomic mass is 9.97. The van der Waals surface area contributed by atoms with E-state index in [0.717, 1.165) is 31.5 Å². The number of β-amino-alcohol motifs (C(OH)–C–C–N with tert-alkyl or cyclic N) is 1. The largest absolute Gasteiger partial charge is 0.392 e. The molecule has 4 nitrogen and oxygen atoms in total. The molecule has 1 aliphatic heterocycles. The Morgan fingerprint density at radius 2 is 2.39 bits per heavy atom. The number of aliphatic hydroxyl groups excluding tert-OH is 1. The highest BCUT2D eigenvalue weighted by Gasteiger charge is 2.30. The van der Waals surface area contributed by atoms with Crippen molar-refractivity contribution in [2.24, 2.45) is 5.73 Å². The van der Waals surface area contributed by atoms with Gasteiger partial charge in [-0.3, -0.25) is 9.88 Å². The number of pyridine rings is 1. The van der Waals surface area contributed by atoms with Gasteiger partial charge in [-0.15, -0.1) is 0 Å². The summed E-state index contributed by atoms with van der Waals surface area (Å²) >= 11 is 0. The summed E-state index contributed by atoms with van der Waals surface area (Å²) in [5, 5.41) is 9.83. The molecule has 3 N–H and O–H groups in total. The zero-order chi connectivity index (χ0) is 13.0. The van der Waals surface area contributed by atoms with Crippen LogP contribution in [-0.2, 0) is 0 Å². The third kappa shape index (κ3) is 3.07. The molecule has 0 radical (unpaired) electrons. The molecule has 18 heavy (non-hydrogen) atoms. The molecule has 0 bridgehead atoms. The molecule has 3 unspecified atom stereocenters. The molecule has 2 rings (SSSR count). The Morgan fingerprint density at radius 3 is 3.00 bits per heavy atom. The lowest BCUT2D eigenvalue weighted by Gasteiger charge is -2.38. The van der Waals surface area contributed by atoms with Crippen LogP contribution in [0.15, 0.2) is 24.4 Å². The molecule has 0 aromatic carbocycles. The lowest BCUT2D eigenvalue weighted by molar-refractivity contribution is 0.0373. The van der Waals surface area contributed by atoms with Gasteiger partial charge in [0.1, 0.15) is 0 Å². The van der Waals surface area contributed by atoms with Crippen molar-refractivity contribution in [3.05, 3.63) is 30.1 Å². The first-order valence-corrected chi connectivity index (χ1v) is 6.81. The van der Waals surface area contributed by atoms with E-state index in [2.05, 4.69) is 16.8 Å². The summed E-state index contributed by atoms with van der Waals surface area (Å²) in [6.45, 7) is 3.79. The molecule has 1 fully saturated rings. The SMILES string of the molecule is CCC(N)C(c1ccccn1)N1CCCC(O)C1. The van der Waals surface area contributed by atoms with Crippen LogP contribution in [0.5, 0.6) is 0 Å². The number of rotatable bonds is 4. The van der Waals surface area contributed by atoms with Gasteiger partial charge in [0, 0.05) is 18.8 Å². The molecule has 4 heteroatoms. The van der Waals surface area contributed by atoms with Crippen molar-refractivity contribution in [1.29, 1.82) is 0 Å². The minimum Gasteiger partial charge on any atom is -0.392 e.